The van der Waals surface area contributed by atoms with Crippen LogP contribution < -0.4 is 0 Å². The average Bonchev–Trinajstić information content (AvgIpc) is 2.77. The van der Waals surface area contributed by atoms with Crippen LogP contribution in [0.5, 0.6) is 0 Å². The third kappa shape index (κ3) is 7.01. The van der Waals surface area contributed by atoms with E-state index in [9.17, 15) is 8.42 Å². The summed E-state index contributed by atoms with van der Waals surface area (Å²) >= 11 is 0. The normalized spacial score (nSPS) is 16.3. The Bertz CT molecular complexity index is 859. The number of piperazine rings is 1. The van der Waals surface area contributed by atoms with Gasteiger partial charge < -0.3 is 0 Å². The second-order valence-electron chi connectivity index (χ2n) is 10.1. The van der Waals surface area contributed by atoms with E-state index in [1.54, 1.807) is 4.31 Å². The maximum Gasteiger partial charge on any atom is 0.243 e. The van der Waals surface area contributed by atoms with Gasteiger partial charge >= 0.3 is 0 Å². The minimum absolute atomic E-state index is 0.146. The van der Waals surface area contributed by atoms with Crippen molar-refractivity contribution in [1.82, 2.24) is 14.1 Å². The minimum atomic E-state index is -3.56. The van der Waals surface area contributed by atoms with Gasteiger partial charge in [-0.1, -0.05) is 65.8 Å². The molecule has 0 aliphatic carbocycles. The Morgan fingerprint density at radius 2 is 1.36 bits per heavy atom. The van der Waals surface area contributed by atoms with Crippen LogP contribution in [0.1, 0.15) is 76.0 Å². The van der Waals surface area contributed by atoms with Crippen molar-refractivity contribution in [2.45, 2.75) is 64.2 Å². The van der Waals surface area contributed by atoms with E-state index in [1.807, 2.05) is 12.2 Å². The summed E-state index contributed by atoms with van der Waals surface area (Å²) in [6, 6.07) is 4.25. The molecule has 1 heterocycles. The van der Waals surface area contributed by atoms with E-state index in [1.165, 1.54) is 5.56 Å². The highest BCUT2D eigenvalue weighted by Gasteiger charge is 2.34. The number of sulfonamides is 1. The highest BCUT2D eigenvalue weighted by Crippen LogP contribution is 2.36. The lowest BCUT2D eigenvalue weighted by atomic mass is 9.89. The van der Waals surface area contributed by atoms with Gasteiger partial charge in [0.05, 0.1) is 4.90 Å². The smallest absolute Gasteiger partial charge is 0.243 e. The lowest BCUT2D eigenvalue weighted by molar-refractivity contribution is 0.167. The molecular formula is C27H45N3O2S. The van der Waals surface area contributed by atoms with E-state index in [4.69, 9.17) is 0 Å². The van der Waals surface area contributed by atoms with E-state index in [0.717, 1.165) is 50.4 Å². The first-order valence-corrected chi connectivity index (χ1v) is 13.8. The Labute approximate surface area is 203 Å². The van der Waals surface area contributed by atoms with Gasteiger partial charge in [-0.05, 0) is 34.4 Å². The fourth-order valence-electron chi connectivity index (χ4n) is 4.42. The molecule has 1 saturated heterocycles. The monoisotopic (exact) mass is 475 g/mol. The van der Waals surface area contributed by atoms with Gasteiger partial charge in [0.2, 0.25) is 10.0 Å². The maximum absolute atomic E-state index is 13.9. The van der Waals surface area contributed by atoms with Crippen LogP contribution in [0.25, 0.3) is 0 Å². The van der Waals surface area contributed by atoms with Crippen LogP contribution in [0.4, 0.5) is 0 Å². The molecule has 2 rings (SSSR count). The number of rotatable bonds is 12. The summed E-state index contributed by atoms with van der Waals surface area (Å²) in [5.41, 5.74) is 3.13. The molecule has 186 valence electrons. The highest BCUT2D eigenvalue weighted by molar-refractivity contribution is 7.89. The topological polar surface area (TPSA) is 43.9 Å². The molecule has 1 fully saturated rings. The summed E-state index contributed by atoms with van der Waals surface area (Å²) in [7, 11) is -3.56. The standard InChI is InChI=1S/C27H45N3O2S/c1-9-11-28(12-10-2)13-14-29-15-17-30(18-16-29)33(31,32)27-25(22(5)6)19-24(21(3)4)20-26(27)23(7)8/h9-10,19-23H,1-2,11-18H2,3-8H3. The molecule has 0 radical (unpaired) electrons. The third-order valence-corrected chi connectivity index (χ3v) is 8.55. The zero-order valence-corrected chi connectivity index (χ0v) is 22.5. The van der Waals surface area contributed by atoms with Crippen molar-refractivity contribution < 1.29 is 8.42 Å². The Hall–Kier alpha value is -1.47. The minimum Gasteiger partial charge on any atom is -0.299 e. The third-order valence-electron chi connectivity index (χ3n) is 6.52. The fraction of sp³-hybridized carbons (Fsp3) is 0.630. The van der Waals surface area contributed by atoms with E-state index in [2.05, 4.69) is 76.6 Å². The van der Waals surface area contributed by atoms with Crippen LogP contribution in [0, 0.1) is 0 Å². The SMILES string of the molecule is C=CCN(CC=C)CCN1CCN(S(=O)(=O)c2c(C(C)C)cc(C(C)C)cc2C(C)C)CC1. The number of nitrogens with zero attached hydrogens (tertiary/aromatic N) is 3. The zero-order valence-electron chi connectivity index (χ0n) is 21.7. The molecule has 0 amide bonds. The van der Waals surface area contributed by atoms with Gasteiger partial charge in [0.15, 0.2) is 0 Å². The summed E-state index contributed by atoms with van der Waals surface area (Å²) in [4.78, 5) is 5.21. The van der Waals surface area contributed by atoms with Crippen molar-refractivity contribution in [2.75, 3.05) is 52.4 Å². The summed E-state index contributed by atoms with van der Waals surface area (Å²) in [5.74, 6) is 0.656. The predicted octanol–water partition coefficient (Wildman–Crippen LogP) is 5.04. The molecule has 0 atom stereocenters. The molecule has 1 aromatic rings. The summed E-state index contributed by atoms with van der Waals surface area (Å²) in [5, 5.41) is 0. The van der Waals surface area contributed by atoms with E-state index in [-0.39, 0.29) is 11.8 Å². The Morgan fingerprint density at radius 3 is 1.76 bits per heavy atom. The van der Waals surface area contributed by atoms with Crippen LogP contribution in [-0.4, -0.2) is 74.9 Å². The molecular weight excluding hydrogens is 430 g/mol. The summed E-state index contributed by atoms with van der Waals surface area (Å²) in [6.07, 6.45) is 3.83. The maximum atomic E-state index is 13.9. The molecule has 6 heteroatoms. The first-order chi connectivity index (χ1) is 15.5. The molecule has 33 heavy (non-hydrogen) atoms. The van der Waals surface area contributed by atoms with Crippen molar-refractivity contribution >= 4 is 10.0 Å². The molecule has 0 spiro atoms. The van der Waals surface area contributed by atoms with Crippen molar-refractivity contribution in [3.8, 4) is 0 Å². The summed E-state index contributed by atoms with van der Waals surface area (Å²) in [6.45, 7) is 26.5. The number of hydrogen-bond donors (Lipinski definition) is 0. The van der Waals surface area contributed by atoms with Crippen LogP contribution in [-0.2, 0) is 10.0 Å². The Kier molecular flexibility index (Phi) is 10.3. The van der Waals surface area contributed by atoms with Gasteiger partial charge in [-0.25, -0.2) is 8.42 Å². The lowest BCUT2D eigenvalue weighted by Crippen LogP contribution is -2.50. The van der Waals surface area contributed by atoms with Crippen LogP contribution in [0.2, 0.25) is 0 Å². The van der Waals surface area contributed by atoms with Crippen molar-refractivity contribution in [1.29, 1.82) is 0 Å². The molecule has 0 saturated carbocycles. The zero-order chi connectivity index (χ0) is 24.8. The fourth-order valence-corrected chi connectivity index (χ4v) is 6.50. The van der Waals surface area contributed by atoms with Crippen LogP contribution in [0.3, 0.4) is 0 Å². The predicted molar refractivity (Wildman–Crippen MR) is 141 cm³/mol. The van der Waals surface area contributed by atoms with E-state index < -0.39 is 10.0 Å². The van der Waals surface area contributed by atoms with Crippen molar-refractivity contribution in [3.05, 3.63) is 54.1 Å². The number of hydrogen-bond acceptors (Lipinski definition) is 4. The second kappa shape index (κ2) is 12.3. The van der Waals surface area contributed by atoms with Gasteiger partial charge in [0.1, 0.15) is 0 Å². The first kappa shape index (κ1) is 27.8. The molecule has 5 nitrogen and oxygen atoms in total. The molecule has 0 N–H and O–H groups in total. The molecule has 1 aromatic carbocycles. The second-order valence-corrected chi connectivity index (χ2v) is 12.0. The molecule has 0 aromatic heterocycles. The van der Waals surface area contributed by atoms with E-state index >= 15 is 0 Å². The van der Waals surface area contributed by atoms with Gasteiger partial charge in [0, 0.05) is 52.4 Å². The van der Waals surface area contributed by atoms with Gasteiger partial charge in [-0.15, -0.1) is 13.2 Å². The molecule has 1 aliphatic heterocycles. The summed E-state index contributed by atoms with van der Waals surface area (Å²) < 4.78 is 29.6. The van der Waals surface area contributed by atoms with Crippen molar-refractivity contribution in [2.24, 2.45) is 0 Å². The van der Waals surface area contributed by atoms with Gasteiger partial charge in [0.25, 0.3) is 0 Å². The molecule has 0 bridgehead atoms. The lowest BCUT2D eigenvalue weighted by Gasteiger charge is -2.36. The van der Waals surface area contributed by atoms with Crippen LogP contribution >= 0.6 is 0 Å². The van der Waals surface area contributed by atoms with Gasteiger partial charge in [-0.2, -0.15) is 4.31 Å². The van der Waals surface area contributed by atoms with Crippen molar-refractivity contribution in [3.63, 3.8) is 0 Å². The highest BCUT2D eigenvalue weighted by atomic mass is 32.2. The molecule has 1 aliphatic rings. The molecule has 0 unspecified atom stereocenters. The van der Waals surface area contributed by atoms with Crippen LogP contribution in [0.15, 0.2) is 42.3 Å². The van der Waals surface area contributed by atoms with E-state index in [0.29, 0.717) is 23.9 Å². The largest absolute Gasteiger partial charge is 0.299 e. The Morgan fingerprint density at radius 1 is 0.879 bits per heavy atom. The average molecular weight is 476 g/mol. The Balaban J connectivity index is 2.24. The number of benzene rings is 1. The quantitative estimate of drug-likeness (QED) is 0.397. The van der Waals surface area contributed by atoms with Gasteiger partial charge in [-0.3, -0.25) is 9.80 Å². The first-order valence-electron chi connectivity index (χ1n) is 12.4.